The van der Waals surface area contributed by atoms with E-state index >= 15 is 0 Å². The Hall–Kier alpha value is -2.95. The standard InChI is InChI=1S/C20H23N3O2/c1-3-16-8-4-5-11-19(16)21-20(24)23(15-18-10-7-13-25-18)14-17-9-6-12-22(17)2/h4-13H,3,14-15H2,1-2H3,(H,21,24). The number of carbonyl (C=O) groups is 1. The zero-order valence-electron chi connectivity index (χ0n) is 14.6. The fourth-order valence-corrected chi connectivity index (χ4v) is 2.79. The molecule has 0 fully saturated rings. The zero-order chi connectivity index (χ0) is 17.6. The summed E-state index contributed by atoms with van der Waals surface area (Å²) in [6.45, 7) is 3.00. The van der Waals surface area contributed by atoms with E-state index in [1.807, 2.05) is 66.3 Å². The van der Waals surface area contributed by atoms with E-state index in [4.69, 9.17) is 4.42 Å². The number of benzene rings is 1. The van der Waals surface area contributed by atoms with Crippen LogP contribution in [-0.4, -0.2) is 15.5 Å². The van der Waals surface area contributed by atoms with Crippen molar-refractivity contribution in [2.24, 2.45) is 7.05 Å². The van der Waals surface area contributed by atoms with Crippen LogP contribution in [0.25, 0.3) is 0 Å². The predicted octanol–water partition coefficient (Wildman–Crippen LogP) is 4.41. The summed E-state index contributed by atoms with van der Waals surface area (Å²) in [5.41, 5.74) is 3.03. The van der Waals surface area contributed by atoms with Gasteiger partial charge < -0.3 is 19.2 Å². The van der Waals surface area contributed by atoms with Gasteiger partial charge in [0.05, 0.1) is 19.4 Å². The third-order valence-electron chi connectivity index (χ3n) is 4.26. The van der Waals surface area contributed by atoms with Crippen LogP contribution >= 0.6 is 0 Å². The fourth-order valence-electron chi connectivity index (χ4n) is 2.79. The molecule has 1 aromatic carbocycles. The van der Waals surface area contributed by atoms with Crippen LogP contribution in [-0.2, 0) is 26.6 Å². The number of aromatic nitrogens is 1. The average molecular weight is 337 g/mol. The van der Waals surface area contributed by atoms with E-state index < -0.39 is 0 Å². The summed E-state index contributed by atoms with van der Waals surface area (Å²) in [5, 5.41) is 3.04. The molecule has 5 heteroatoms. The third kappa shape index (κ3) is 4.12. The number of amides is 2. The van der Waals surface area contributed by atoms with Crippen LogP contribution < -0.4 is 5.32 Å². The van der Waals surface area contributed by atoms with Gasteiger partial charge in [-0.1, -0.05) is 25.1 Å². The second-order valence-corrected chi connectivity index (χ2v) is 5.99. The Labute approximate surface area is 147 Å². The number of hydrogen-bond acceptors (Lipinski definition) is 2. The van der Waals surface area contributed by atoms with E-state index in [0.717, 1.165) is 29.1 Å². The minimum Gasteiger partial charge on any atom is -0.467 e. The lowest BCUT2D eigenvalue weighted by atomic mass is 10.1. The largest absolute Gasteiger partial charge is 0.467 e. The molecule has 0 bridgehead atoms. The molecule has 0 unspecified atom stereocenters. The Morgan fingerprint density at radius 3 is 2.64 bits per heavy atom. The van der Waals surface area contributed by atoms with Crippen LogP contribution in [0.2, 0.25) is 0 Å². The minimum atomic E-state index is -0.140. The van der Waals surface area contributed by atoms with Crippen molar-refractivity contribution in [3.05, 3.63) is 78.0 Å². The lowest BCUT2D eigenvalue weighted by Crippen LogP contribution is -2.34. The van der Waals surface area contributed by atoms with Crippen molar-refractivity contribution in [2.45, 2.75) is 26.4 Å². The van der Waals surface area contributed by atoms with E-state index in [0.29, 0.717) is 13.1 Å². The monoisotopic (exact) mass is 337 g/mol. The first-order valence-corrected chi connectivity index (χ1v) is 8.43. The maximum Gasteiger partial charge on any atom is 0.322 e. The molecule has 0 aliphatic heterocycles. The van der Waals surface area contributed by atoms with Gasteiger partial charge in [0.25, 0.3) is 0 Å². The van der Waals surface area contributed by atoms with E-state index in [1.54, 1.807) is 11.2 Å². The van der Waals surface area contributed by atoms with Gasteiger partial charge in [-0.2, -0.15) is 0 Å². The quantitative estimate of drug-likeness (QED) is 0.724. The van der Waals surface area contributed by atoms with E-state index in [-0.39, 0.29) is 6.03 Å². The number of carbonyl (C=O) groups excluding carboxylic acids is 1. The minimum absolute atomic E-state index is 0.140. The van der Waals surface area contributed by atoms with E-state index in [1.165, 1.54) is 0 Å². The van der Waals surface area contributed by atoms with Crippen LogP contribution in [0, 0.1) is 0 Å². The molecular weight excluding hydrogens is 314 g/mol. The SMILES string of the molecule is CCc1ccccc1NC(=O)N(Cc1ccco1)Cc1cccn1C. The van der Waals surface area contributed by atoms with Gasteiger partial charge >= 0.3 is 6.03 Å². The van der Waals surface area contributed by atoms with Gasteiger partial charge in [0.2, 0.25) is 0 Å². The molecule has 2 heterocycles. The van der Waals surface area contributed by atoms with Gasteiger partial charge in [-0.25, -0.2) is 4.79 Å². The summed E-state index contributed by atoms with van der Waals surface area (Å²) in [5.74, 6) is 0.758. The van der Waals surface area contributed by atoms with Gasteiger partial charge in [0, 0.05) is 24.6 Å². The molecule has 1 N–H and O–H groups in total. The molecule has 0 aliphatic carbocycles. The molecule has 2 aromatic heterocycles. The highest BCUT2D eigenvalue weighted by Gasteiger charge is 2.18. The molecule has 3 aromatic rings. The molecule has 25 heavy (non-hydrogen) atoms. The van der Waals surface area contributed by atoms with Crippen molar-refractivity contribution in [3.8, 4) is 0 Å². The van der Waals surface area contributed by atoms with Crippen LogP contribution in [0.3, 0.4) is 0 Å². The Balaban J connectivity index is 1.80. The third-order valence-corrected chi connectivity index (χ3v) is 4.26. The molecule has 5 nitrogen and oxygen atoms in total. The van der Waals surface area contributed by atoms with E-state index in [9.17, 15) is 4.79 Å². The topological polar surface area (TPSA) is 50.4 Å². The highest BCUT2D eigenvalue weighted by Crippen LogP contribution is 2.18. The summed E-state index contributed by atoms with van der Waals surface area (Å²) < 4.78 is 7.45. The second-order valence-electron chi connectivity index (χ2n) is 5.99. The normalized spacial score (nSPS) is 10.6. The molecule has 3 rings (SSSR count). The maximum absolute atomic E-state index is 12.9. The molecule has 0 atom stereocenters. The number of rotatable bonds is 6. The molecule has 0 spiro atoms. The van der Waals surface area contributed by atoms with Crippen LogP contribution in [0.1, 0.15) is 23.9 Å². The van der Waals surface area contributed by atoms with Gasteiger partial charge in [-0.05, 0) is 42.3 Å². The van der Waals surface area contributed by atoms with E-state index in [2.05, 4.69) is 12.2 Å². The fraction of sp³-hybridized carbons (Fsp3) is 0.250. The summed E-state index contributed by atoms with van der Waals surface area (Å²) in [7, 11) is 1.98. The number of hydrogen-bond donors (Lipinski definition) is 1. The Kier molecular flexibility index (Phi) is 5.23. The molecule has 0 saturated heterocycles. The lowest BCUT2D eigenvalue weighted by molar-refractivity contribution is 0.200. The highest BCUT2D eigenvalue weighted by atomic mass is 16.3. The average Bonchev–Trinajstić information content (AvgIpc) is 3.27. The van der Waals surface area contributed by atoms with Crippen molar-refractivity contribution in [2.75, 3.05) is 5.32 Å². The smallest absolute Gasteiger partial charge is 0.322 e. The van der Waals surface area contributed by atoms with Crippen LogP contribution in [0.15, 0.2) is 65.4 Å². The second kappa shape index (κ2) is 7.75. The Morgan fingerprint density at radius 2 is 1.96 bits per heavy atom. The summed E-state index contributed by atoms with van der Waals surface area (Å²) in [4.78, 5) is 14.7. The lowest BCUT2D eigenvalue weighted by Gasteiger charge is -2.23. The molecule has 2 amide bonds. The molecule has 130 valence electrons. The van der Waals surface area contributed by atoms with Crippen LogP contribution in [0.5, 0.6) is 0 Å². The number of nitrogens with one attached hydrogen (secondary N) is 1. The van der Waals surface area contributed by atoms with Gasteiger partial charge in [0.1, 0.15) is 5.76 Å². The molecule has 0 aliphatic rings. The molecular formula is C20H23N3O2. The number of urea groups is 1. The van der Waals surface area contributed by atoms with Crippen molar-refractivity contribution in [1.82, 2.24) is 9.47 Å². The number of para-hydroxylation sites is 1. The zero-order valence-corrected chi connectivity index (χ0v) is 14.6. The number of aryl methyl sites for hydroxylation is 2. The first-order valence-electron chi connectivity index (χ1n) is 8.43. The van der Waals surface area contributed by atoms with Gasteiger partial charge in [0.15, 0.2) is 0 Å². The predicted molar refractivity (Wildman–Crippen MR) is 98.2 cm³/mol. The highest BCUT2D eigenvalue weighted by molar-refractivity contribution is 5.90. The number of nitrogens with zero attached hydrogens (tertiary/aromatic N) is 2. The first-order chi connectivity index (χ1) is 12.2. The first kappa shape index (κ1) is 16.9. The van der Waals surface area contributed by atoms with Crippen LogP contribution in [0.4, 0.5) is 10.5 Å². The van der Waals surface area contributed by atoms with Gasteiger partial charge in [-0.3, -0.25) is 0 Å². The van der Waals surface area contributed by atoms with Crippen molar-refractivity contribution < 1.29 is 9.21 Å². The summed E-state index contributed by atoms with van der Waals surface area (Å²) in [6, 6.07) is 15.5. The van der Waals surface area contributed by atoms with Crippen molar-refractivity contribution in [3.63, 3.8) is 0 Å². The Morgan fingerprint density at radius 1 is 1.12 bits per heavy atom. The number of furan rings is 1. The summed E-state index contributed by atoms with van der Waals surface area (Å²) in [6.07, 6.45) is 4.47. The molecule has 0 radical (unpaired) electrons. The van der Waals surface area contributed by atoms with Crippen molar-refractivity contribution in [1.29, 1.82) is 0 Å². The molecule has 0 saturated carbocycles. The van der Waals surface area contributed by atoms with Gasteiger partial charge in [-0.15, -0.1) is 0 Å². The summed E-state index contributed by atoms with van der Waals surface area (Å²) >= 11 is 0. The maximum atomic E-state index is 12.9. The Bertz CT molecular complexity index is 821. The van der Waals surface area contributed by atoms with Crippen molar-refractivity contribution >= 4 is 11.7 Å². The number of anilines is 1.